The Morgan fingerprint density at radius 3 is 2.64 bits per heavy atom. The average Bonchev–Trinajstić information content (AvgIpc) is 2.20. The van der Waals surface area contributed by atoms with Crippen LogP contribution < -0.4 is 0 Å². The second-order valence-corrected chi connectivity index (χ2v) is 3.31. The number of aliphatic hydroxyl groups excluding tert-OH is 1. The molecule has 1 aromatic rings. The van der Waals surface area contributed by atoms with Gasteiger partial charge in [-0.05, 0) is 18.6 Å². The monoisotopic (exact) mass is 188 g/mol. The SMILES string of the molecule is CCCC(O)CC#Cc1ccccc1. The van der Waals surface area contributed by atoms with Gasteiger partial charge in [-0.2, -0.15) is 0 Å². The lowest BCUT2D eigenvalue weighted by Gasteiger charge is -2.02. The summed E-state index contributed by atoms with van der Waals surface area (Å²) < 4.78 is 0. The molecular formula is C13H16O. The Morgan fingerprint density at radius 2 is 2.00 bits per heavy atom. The van der Waals surface area contributed by atoms with Gasteiger partial charge >= 0.3 is 0 Å². The lowest BCUT2D eigenvalue weighted by molar-refractivity contribution is 0.169. The highest BCUT2D eigenvalue weighted by molar-refractivity contribution is 5.33. The third-order valence-electron chi connectivity index (χ3n) is 1.97. The minimum atomic E-state index is -0.267. The molecule has 0 aromatic heterocycles. The molecule has 1 aromatic carbocycles. The predicted octanol–water partition coefficient (Wildman–Crippen LogP) is 2.59. The summed E-state index contributed by atoms with van der Waals surface area (Å²) in [5.41, 5.74) is 1.01. The van der Waals surface area contributed by atoms with Crippen LogP contribution in [0.15, 0.2) is 30.3 Å². The van der Waals surface area contributed by atoms with Crippen LogP contribution in [0.5, 0.6) is 0 Å². The van der Waals surface area contributed by atoms with Crippen molar-refractivity contribution in [1.29, 1.82) is 0 Å². The predicted molar refractivity (Wildman–Crippen MR) is 58.9 cm³/mol. The first-order valence-corrected chi connectivity index (χ1v) is 5.05. The van der Waals surface area contributed by atoms with Crippen LogP contribution in [-0.4, -0.2) is 11.2 Å². The molecule has 0 bridgehead atoms. The Labute approximate surface area is 85.8 Å². The number of hydrogen-bond acceptors (Lipinski definition) is 1. The van der Waals surface area contributed by atoms with Crippen LogP contribution in [0.2, 0.25) is 0 Å². The standard InChI is InChI=1S/C13H16O/c1-2-7-13(14)11-6-10-12-8-4-3-5-9-12/h3-5,8-9,13-14H,2,7,11H2,1H3. The van der Waals surface area contributed by atoms with Crippen LogP contribution in [0.4, 0.5) is 0 Å². The number of hydrogen-bond donors (Lipinski definition) is 1. The summed E-state index contributed by atoms with van der Waals surface area (Å²) in [6.07, 6.45) is 2.15. The molecule has 74 valence electrons. The van der Waals surface area contributed by atoms with Crippen LogP contribution in [0.3, 0.4) is 0 Å². The normalized spacial score (nSPS) is 11.6. The van der Waals surface area contributed by atoms with E-state index in [0.717, 1.165) is 18.4 Å². The summed E-state index contributed by atoms with van der Waals surface area (Å²) in [5, 5.41) is 9.42. The van der Waals surface area contributed by atoms with Gasteiger partial charge in [0.25, 0.3) is 0 Å². The van der Waals surface area contributed by atoms with Crippen molar-refractivity contribution < 1.29 is 5.11 Å². The van der Waals surface area contributed by atoms with Crippen LogP contribution in [0.25, 0.3) is 0 Å². The number of aliphatic hydroxyl groups is 1. The van der Waals surface area contributed by atoms with Gasteiger partial charge < -0.3 is 5.11 Å². The molecular weight excluding hydrogens is 172 g/mol. The molecule has 0 aliphatic rings. The van der Waals surface area contributed by atoms with Crippen molar-refractivity contribution in [2.45, 2.75) is 32.3 Å². The molecule has 0 radical (unpaired) electrons. The molecule has 1 nitrogen and oxygen atoms in total. The van der Waals surface area contributed by atoms with Gasteiger partial charge in [0.1, 0.15) is 0 Å². The minimum absolute atomic E-state index is 0.267. The molecule has 0 amide bonds. The lowest BCUT2D eigenvalue weighted by Crippen LogP contribution is -2.03. The smallest absolute Gasteiger partial charge is 0.0649 e. The van der Waals surface area contributed by atoms with Gasteiger partial charge in [0.15, 0.2) is 0 Å². The average molecular weight is 188 g/mol. The van der Waals surface area contributed by atoms with E-state index in [4.69, 9.17) is 0 Å². The van der Waals surface area contributed by atoms with Crippen molar-refractivity contribution in [2.75, 3.05) is 0 Å². The van der Waals surface area contributed by atoms with E-state index in [-0.39, 0.29) is 6.10 Å². The number of rotatable bonds is 3. The van der Waals surface area contributed by atoms with Crippen LogP contribution in [-0.2, 0) is 0 Å². The van der Waals surface area contributed by atoms with Gasteiger partial charge in [-0.15, -0.1) is 0 Å². The zero-order valence-corrected chi connectivity index (χ0v) is 8.53. The Bertz CT molecular complexity index is 305. The van der Waals surface area contributed by atoms with Crippen LogP contribution in [0, 0.1) is 11.8 Å². The Morgan fingerprint density at radius 1 is 1.29 bits per heavy atom. The Balaban J connectivity index is 2.41. The third-order valence-corrected chi connectivity index (χ3v) is 1.97. The largest absolute Gasteiger partial charge is 0.392 e. The minimum Gasteiger partial charge on any atom is -0.392 e. The van der Waals surface area contributed by atoms with Crippen molar-refractivity contribution in [3.63, 3.8) is 0 Å². The zero-order chi connectivity index (χ0) is 10.2. The maximum Gasteiger partial charge on any atom is 0.0649 e. The number of benzene rings is 1. The summed E-state index contributed by atoms with van der Waals surface area (Å²) in [5.74, 6) is 6.01. The molecule has 1 heteroatoms. The van der Waals surface area contributed by atoms with Crippen molar-refractivity contribution in [3.8, 4) is 11.8 Å². The van der Waals surface area contributed by atoms with Crippen molar-refractivity contribution in [1.82, 2.24) is 0 Å². The third kappa shape index (κ3) is 4.11. The zero-order valence-electron chi connectivity index (χ0n) is 8.53. The molecule has 0 saturated carbocycles. The van der Waals surface area contributed by atoms with E-state index >= 15 is 0 Å². The van der Waals surface area contributed by atoms with E-state index < -0.39 is 0 Å². The first-order valence-electron chi connectivity index (χ1n) is 5.05. The fourth-order valence-corrected chi connectivity index (χ4v) is 1.23. The highest BCUT2D eigenvalue weighted by atomic mass is 16.3. The summed E-state index contributed by atoms with van der Waals surface area (Å²) >= 11 is 0. The molecule has 0 fully saturated rings. The van der Waals surface area contributed by atoms with E-state index in [2.05, 4.69) is 18.8 Å². The van der Waals surface area contributed by atoms with Crippen LogP contribution >= 0.6 is 0 Å². The van der Waals surface area contributed by atoms with Gasteiger partial charge in [0.2, 0.25) is 0 Å². The fraction of sp³-hybridized carbons (Fsp3) is 0.385. The van der Waals surface area contributed by atoms with E-state index in [0.29, 0.717) is 6.42 Å². The molecule has 14 heavy (non-hydrogen) atoms. The van der Waals surface area contributed by atoms with Gasteiger partial charge in [0.05, 0.1) is 6.10 Å². The maximum atomic E-state index is 9.42. The molecule has 1 rings (SSSR count). The molecule has 0 aliphatic carbocycles. The van der Waals surface area contributed by atoms with Gasteiger partial charge in [-0.1, -0.05) is 43.4 Å². The second-order valence-electron chi connectivity index (χ2n) is 3.31. The molecule has 1 atom stereocenters. The highest BCUT2D eigenvalue weighted by Crippen LogP contribution is 2.00. The lowest BCUT2D eigenvalue weighted by atomic mass is 10.1. The molecule has 0 saturated heterocycles. The summed E-state index contributed by atoms with van der Waals surface area (Å²) in [6.45, 7) is 2.06. The fourth-order valence-electron chi connectivity index (χ4n) is 1.23. The summed E-state index contributed by atoms with van der Waals surface area (Å²) in [4.78, 5) is 0. The second kappa shape index (κ2) is 6.23. The van der Waals surface area contributed by atoms with Crippen molar-refractivity contribution >= 4 is 0 Å². The first kappa shape index (κ1) is 10.8. The van der Waals surface area contributed by atoms with E-state index in [1.165, 1.54) is 0 Å². The molecule has 0 heterocycles. The molecule has 0 aliphatic heterocycles. The maximum absolute atomic E-state index is 9.42. The van der Waals surface area contributed by atoms with Crippen molar-refractivity contribution in [3.05, 3.63) is 35.9 Å². The van der Waals surface area contributed by atoms with Gasteiger partial charge in [0, 0.05) is 12.0 Å². The first-order chi connectivity index (χ1) is 6.83. The topological polar surface area (TPSA) is 20.2 Å². The van der Waals surface area contributed by atoms with Crippen LogP contribution in [0.1, 0.15) is 31.7 Å². The van der Waals surface area contributed by atoms with E-state index in [1.54, 1.807) is 0 Å². The van der Waals surface area contributed by atoms with E-state index in [9.17, 15) is 5.11 Å². The Hall–Kier alpha value is -1.26. The highest BCUT2D eigenvalue weighted by Gasteiger charge is 1.97. The molecule has 1 unspecified atom stereocenters. The van der Waals surface area contributed by atoms with E-state index in [1.807, 2.05) is 30.3 Å². The van der Waals surface area contributed by atoms with Gasteiger partial charge in [-0.3, -0.25) is 0 Å². The van der Waals surface area contributed by atoms with Gasteiger partial charge in [-0.25, -0.2) is 0 Å². The molecule has 0 spiro atoms. The summed E-state index contributed by atoms with van der Waals surface area (Å²) in [7, 11) is 0. The summed E-state index contributed by atoms with van der Waals surface area (Å²) in [6, 6.07) is 9.84. The Kier molecular flexibility index (Phi) is 4.82. The molecule has 1 N–H and O–H groups in total. The van der Waals surface area contributed by atoms with Crippen molar-refractivity contribution in [2.24, 2.45) is 0 Å². The quantitative estimate of drug-likeness (QED) is 0.723.